The highest BCUT2D eigenvalue weighted by Gasteiger charge is 2.32. The summed E-state index contributed by atoms with van der Waals surface area (Å²) in [4.78, 5) is 0. The van der Waals surface area contributed by atoms with Crippen LogP contribution < -0.4 is 0 Å². The first-order valence-electron chi connectivity index (χ1n) is 22.7. The summed E-state index contributed by atoms with van der Waals surface area (Å²) in [5.41, 5.74) is 11.5. The fraction of sp³-hybridized carbons (Fsp3) is 0.0820. The van der Waals surface area contributed by atoms with Gasteiger partial charge in [-0.25, -0.2) is 0 Å². The molecule has 0 radical (unpaired) electrons. The highest BCUT2D eigenvalue weighted by Crippen LogP contribution is 2.45. The van der Waals surface area contributed by atoms with Gasteiger partial charge in [-0.2, -0.15) is 36.9 Å². The Hall–Kier alpha value is -8.86. The van der Waals surface area contributed by atoms with Crippen molar-refractivity contribution in [3.63, 3.8) is 0 Å². The van der Waals surface area contributed by atoms with E-state index >= 15 is 0 Å². The predicted molar refractivity (Wildman–Crippen MR) is 271 cm³/mol. The van der Waals surface area contributed by atoms with Crippen LogP contribution in [-0.4, -0.2) is 9.13 Å². The number of halogens is 6. The second kappa shape index (κ2) is 16.7. The van der Waals surface area contributed by atoms with Gasteiger partial charge in [0.1, 0.15) is 0 Å². The van der Waals surface area contributed by atoms with E-state index in [2.05, 4.69) is 27.3 Å². The SMILES string of the molecule is Cc1cc(-c2ccc3c(c2)c2ccccc2n3-c2ccc(C#N)cc2-c2cc(-c3ccc(C#N)cc3C)ccc2-n2c3ccccc3c3cc(-c4cc(C)cc(C(F)(F)F)c4)ccc32)cc(C(F)(F)F)c1. The molecular weight excluding hydrogens is 903 g/mol. The Morgan fingerprint density at radius 1 is 0.366 bits per heavy atom. The molecule has 10 heteroatoms. The lowest BCUT2D eigenvalue weighted by Crippen LogP contribution is -2.05. The zero-order chi connectivity index (χ0) is 49.5. The maximum atomic E-state index is 14.1. The zero-order valence-corrected chi connectivity index (χ0v) is 38.3. The van der Waals surface area contributed by atoms with Crippen LogP contribution in [0.4, 0.5) is 26.3 Å². The monoisotopic (exact) mass is 940 g/mol. The molecule has 0 saturated heterocycles. The third kappa shape index (κ3) is 7.75. The lowest BCUT2D eigenvalue weighted by molar-refractivity contribution is -0.138. The molecule has 71 heavy (non-hydrogen) atoms. The van der Waals surface area contributed by atoms with Crippen molar-refractivity contribution in [3.8, 4) is 68.0 Å². The number of fused-ring (bicyclic) bond motifs is 6. The summed E-state index contributed by atoms with van der Waals surface area (Å²) >= 11 is 0. The number of nitriles is 2. The van der Waals surface area contributed by atoms with Gasteiger partial charge >= 0.3 is 12.4 Å². The Labute approximate surface area is 404 Å². The van der Waals surface area contributed by atoms with Gasteiger partial charge in [-0.3, -0.25) is 0 Å². The van der Waals surface area contributed by atoms with Crippen molar-refractivity contribution in [2.75, 3.05) is 0 Å². The predicted octanol–water partition coefficient (Wildman–Crippen LogP) is 17.3. The summed E-state index contributed by atoms with van der Waals surface area (Å²) in [5.74, 6) is 0. The number of aryl methyl sites for hydroxylation is 3. The van der Waals surface area contributed by atoms with Crippen molar-refractivity contribution in [3.05, 3.63) is 215 Å². The van der Waals surface area contributed by atoms with Crippen molar-refractivity contribution in [1.82, 2.24) is 9.13 Å². The van der Waals surface area contributed by atoms with E-state index in [0.29, 0.717) is 50.1 Å². The van der Waals surface area contributed by atoms with E-state index in [1.54, 1.807) is 38.1 Å². The van der Waals surface area contributed by atoms with Crippen LogP contribution in [0, 0.1) is 43.4 Å². The molecule has 344 valence electrons. The number of hydrogen-bond acceptors (Lipinski definition) is 2. The molecule has 0 bridgehead atoms. The summed E-state index contributed by atoms with van der Waals surface area (Å²) in [6.45, 7) is 5.26. The molecule has 0 fully saturated rings. The molecule has 0 amide bonds. The minimum absolute atomic E-state index is 0.404. The van der Waals surface area contributed by atoms with Gasteiger partial charge in [-0.15, -0.1) is 0 Å². The molecule has 4 nitrogen and oxygen atoms in total. The molecule has 9 aromatic carbocycles. The van der Waals surface area contributed by atoms with E-state index in [0.717, 1.165) is 89.4 Å². The van der Waals surface area contributed by atoms with E-state index in [9.17, 15) is 36.9 Å². The molecule has 0 unspecified atom stereocenters. The summed E-state index contributed by atoms with van der Waals surface area (Å²) in [5, 5.41) is 23.7. The highest BCUT2D eigenvalue weighted by atomic mass is 19.4. The maximum Gasteiger partial charge on any atom is 0.416 e. The highest BCUT2D eigenvalue weighted by molar-refractivity contribution is 6.13. The largest absolute Gasteiger partial charge is 0.416 e. The maximum absolute atomic E-state index is 14.1. The van der Waals surface area contributed by atoms with E-state index < -0.39 is 23.5 Å². The van der Waals surface area contributed by atoms with Gasteiger partial charge in [0.2, 0.25) is 0 Å². The Balaban J connectivity index is 1.19. The molecule has 2 aromatic heterocycles. The van der Waals surface area contributed by atoms with Gasteiger partial charge in [0.25, 0.3) is 0 Å². The van der Waals surface area contributed by atoms with Crippen molar-refractivity contribution in [2.24, 2.45) is 0 Å². The topological polar surface area (TPSA) is 57.4 Å². The number of benzene rings is 9. The number of rotatable bonds is 6. The average molecular weight is 941 g/mol. The van der Waals surface area contributed by atoms with E-state index in [4.69, 9.17) is 0 Å². The van der Waals surface area contributed by atoms with Crippen LogP contribution in [-0.2, 0) is 12.4 Å². The molecule has 0 spiro atoms. The Bertz CT molecular complexity index is 4100. The molecule has 11 rings (SSSR count). The number of nitrogens with zero attached hydrogens (tertiary/aromatic N) is 4. The minimum atomic E-state index is -4.52. The number of para-hydroxylation sites is 2. The summed E-state index contributed by atoms with van der Waals surface area (Å²) in [6.07, 6.45) is -9.04. The van der Waals surface area contributed by atoms with Gasteiger partial charge in [-0.1, -0.05) is 72.8 Å². The van der Waals surface area contributed by atoms with E-state index in [1.807, 2.05) is 128 Å². The van der Waals surface area contributed by atoms with Crippen molar-refractivity contribution < 1.29 is 26.3 Å². The number of hydrogen-bond donors (Lipinski definition) is 0. The van der Waals surface area contributed by atoms with Gasteiger partial charge in [0.05, 0.1) is 67.8 Å². The third-order valence-electron chi connectivity index (χ3n) is 13.4. The Kier molecular flexibility index (Phi) is 10.5. The molecule has 0 aliphatic heterocycles. The summed E-state index contributed by atoms with van der Waals surface area (Å²) < 4.78 is 88.7. The molecule has 0 atom stereocenters. The van der Waals surface area contributed by atoms with Crippen molar-refractivity contribution >= 4 is 43.6 Å². The first-order valence-corrected chi connectivity index (χ1v) is 22.7. The molecule has 0 aliphatic rings. The zero-order valence-electron chi connectivity index (χ0n) is 38.3. The number of alkyl halides is 6. The second-order valence-electron chi connectivity index (χ2n) is 18.1. The quantitative estimate of drug-likeness (QED) is 0.156. The van der Waals surface area contributed by atoms with Gasteiger partial charge in [0.15, 0.2) is 0 Å². The van der Waals surface area contributed by atoms with Gasteiger partial charge in [0, 0.05) is 32.7 Å². The van der Waals surface area contributed by atoms with Crippen LogP contribution >= 0.6 is 0 Å². The van der Waals surface area contributed by atoms with Crippen LogP contribution in [0.25, 0.3) is 99.5 Å². The van der Waals surface area contributed by atoms with E-state index in [1.165, 1.54) is 12.1 Å². The fourth-order valence-electron chi connectivity index (χ4n) is 10.2. The first kappa shape index (κ1) is 44.6. The standard InChI is InChI=1S/C61H38F6N4/c1-35-22-43(28-45(24-35)60(62,63)64)40-14-19-57-51(30-40)48-8-4-6-10-54(48)70(57)56-18-13-39(34-69)27-50(56)53-32-42(47-17-12-38(33-68)26-37(47)3)16-21-59(53)71-55-11-7-5-9-49(55)52-31-41(15-20-58(52)71)44-23-36(2)25-46(29-44)61(65,66)67/h4-32H,1-3H3. The Morgan fingerprint density at radius 3 is 1.30 bits per heavy atom. The average Bonchev–Trinajstić information content (AvgIpc) is 3.87. The summed E-state index contributed by atoms with van der Waals surface area (Å²) in [6, 6.07) is 57.1. The molecule has 0 N–H and O–H groups in total. The lowest BCUT2D eigenvalue weighted by Gasteiger charge is -2.20. The first-order chi connectivity index (χ1) is 34.1. The molecular formula is C61H38F6N4. The normalized spacial score (nSPS) is 12.0. The minimum Gasteiger partial charge on any atom is -0.309 e. The van der Waals surface area contributed by atoms with E-state index in [-0.39, 0.29) is 0 Å². The van der Waals surface area contributed by atoms with Crippen molar-refractivity contribution in [1.29, 1.82) is 10.5 Å². The van der Waals surface area contributed by atoms with Crippen molar-refractivity contribution in [2.45, 2.75) is 33.1 Å². The van der Waals surface area contributed by atoms with Crippen LogP contribution in [0.2, 0.25) is 0 Å². The molecule has 11 aromatic rings. The fourth-order valence-corrected chi connectivity index (χ4v) is 10.2. The smallest absolute Gasteiger partial charge is 0.309 e. The lowest BCUT2D eigenvalue weighted by atomic mass is 9.92. The summed E-state index contributed by atoms with van der Waals surface area (Å²) in [7, 11) is 0. The molecule has 0 aliphatic carbocycles. The van der Waals surface area contributed by atoms with Crippen LogP contribution in [0.5, 0.6) is 0 Å². The van der Waals surface area contributed by atoms with Crippen LogP contribution in [0.15, 0.2) is 176 Å². The van der Waals surface area contributed by atoms with Gasteiger partial charge < -0.3 is 9.13 Å². The molecule has 0 saturated carbocycles. The van der Waals surface area contributed by atoms with Crippen LogP contribution in [0.3, 0.4) is 0 Å². The van der Waals surface area contributed by atoms with Gasteiger partial charge in [-0.05, 0) is 174 Å². The number of aromatic nitrogens is 2. The van der Waals surface area contributed by atoms with Crippen LogP contribution in [0.1, 0.15) is 38.9 Å². The third-order valence-corrected chi connectivity index (χ3v) is 13.4. The molecule has 2 heterocycles. The Morgan fingerprint density at radius 2 is 0.803 bits per heavy atom. The second-order valence-corrected chi connectivity index (χ2v) is 18.1.